The molecule has 1 aromatic rings. The number of β-amino-alcohol motifs (C(OH)–C–C–N with tert-alkyl or cyclic N) is 1. The normalized spacial score (nSPS) is 27.1. The summed E-state index contributed by atoms with van der Waals surface area (Å²) in [4.78, 5) is 19.4. The van der Waals surface area contributed by atoms with Crippen molar-refractivity contribution in [3.05, 3.63) is 24.3 Å². The van der Waals surface area contributed by atoms with Crippen molar-refractivity contribution in [2.45, 2.75) is 31.3 Å². The molecule has 1 amide bonds. The van der Waals surface area contributed by atoms with Crippen molar-refractivity contribution >= 4 is 11.6 Å². The highest BCUT2D eigenvalue weighted by molar-refractivity contribution is 5.86. The van der Waals surface area contributed by atoms with Crippen LogP contribution in [0.4, 0.5) is 5.69 Å². The van der Waals surface area contributed by atoms with Crippen molar-refractivity contribution in [3.8, 4) is 5.75 Å². The molecular formula is C21H31N3O3. The van der Waals surface area contributed by atoms with Gasteiger partial charge in [-0.05, 0) is 55.9 Å². The van der Waals surface area contributed by atoms with Crippen molar-refractivity contribution < 1.29 is 14.6 Å². The number of carbonyl (C=O) groups is 1. The smallest absolute Gasteiger partial charge is 0.255 e. The summed E-state index contributed by atoms with van der Waals surface area (Å²) in [6.07, 6.45) is 3.96. The van der Waals surface area contributed by atoms with E-state index in [1.807, 2.05) is 17.0 Å². The highest BCUT2D eigenvalue weighted by Gasteiger charge is 2.44. The van der Waals surface area contributed by atoms with E-state index in [-0.39, 0.29) is 5.91 Å². The zero-order valence-electron chi connectivity index (χ0n) is 16.3. The number of anilines is 1. The van der Waals surface area contributed by atoms with Crippen molar-refractivity contribution in [1.82, 2.24) is 9.80 Å². The van der Waals surface area contributed by atoms with Gasteiger partial charge in [-0.3, -0.25) is 9.69 Å². The SMILES string of the molecule is COc1ccc(N2CCN(C[C@]3(O)CCCN(CC4CC4)C3=O)CC2)cc1. The summed E-state index contributed by atoms with van der Waals surface area (Å²) in [5.74, 6) is 1.49. The Labute approximate surface area is 161 Å². The lowest BCUT2D eigenvalue weighted by Crippen LogP contribution is -2.60. The first-order chi connectivity index (χ1) is 13.1. The van der Waals surface area contributed by atoms with E-state index in [2.05, 4.69) is 21.9 Å². The molecule has 2 saturated heterocycles. The van der Waals surface area contributed by atoms with Crippen LogP contribution in [0.2, 0.25) is 0 Å². The lowest BCUT2D eigenvalue weighted by atomic mass is 9.90. The van der Waals surface area contributed by atoms with Gasteiger partial charge in [-0.2, -0.15) is 0 Å². The number of piperidine rings is 1. The first-order valence-corrected chi connectivity index (χ1v) is 10.2. The average molecular weight is 373 g/mol. The van der Waals surface area contributed by atoms with E-state index in [0.29, 0.717) is 18.9 Å². The summed E-state index contributed by atoms with van der Waals surface area (Å²) in [6, 6.07) is 8.14. The summed E-state index contributed by atoms with van der Waals surface area (Å²) >= 11 is 0. The molecule has 0 unspecified atom stereocenters. The molecule has 6 nitrogen and oxygen atoms in total. The first-order valence-electron chi connectivity index (χ1n) is 10.2. The fraction of sp³-hybridized carbons (Fsp3) is 0.667. The number of benzene rings is 1. The number of piperazine rings is 1. The van der Waals surface area contributed by atoms with E-state index >= 15 is 0 Å². The zero-order chi connectivity index (χ0) is 18.9. The summed E-state index contributed by atoms with van der Waals surface area (Å²) in [5.41, 5.74) is -0.00592. The zero-order valence-corrected chi connectivity index (χ0v) is 16.3. The predicted octanol–water partition coefficient (Wildman–Crippen LogP) is 1.58. The minimum absolute atomic E-state index is 0.0433. The Kier molecular flexibility index (Phi) is 5.28. The van der Waals surface area contributed by atoms with Crippen LogP contribution >= 0.6 is 0 Å². The topological polar surface area (TPSA) is 56.2 Å². The monoisotopic (exact) mass is 373 g/mol. The van der Waals surface area contributed by atoms with Crippen LogP contribution in [0.3, 0.4) is 0 Å². The predicted molar refractivity (Wildman–Crippen MR) is 105 cm³/mol. The van der Waals surface area contributed by atoms with Crippen LogP contribution in [0.1, 0.15) is 25.7 Å². The lowest BCUT2D eigenvalue weighted by molar-refractivity contribution is -0.159. The van der Waals surface area contributed by atoms with E-state index in [1.54, 1.807) is 7.11 Å². The van der Waals surface area contributed by atoms with Crippen LogP contribution < -0.4 is 9.64 Å². The maximum atomic E-state index is 12.9. The number of ether oxygens (including phenoxy) is 1. The molecule has 1 N–H and O–H groups in total. The van der Waals surface area contributed by atoms with E-state index in [0.717, 1.165) is 51.4 Å². The second-order valence-corrected chi connectivity index (χ2v) is 8.29. The van der Waals surface area contributed by atoms with Crippen LogP contribution in [-0.4, -0.2) is 79.3 Å². The highest BCUT2D eigenvalue weighted by Crippen LogP contribution is 2.33. The summed E-state index contributed by atoms with van der Waals surface area (Å²) in [7, 11) is 1.68. The largest absolute Gasteiger partial charge is 0.497 e. The molecule has 0 aromatic heterocycles. The van der Waals surface area contributed by atoms with Gasteiger partial charge >= 0.3 is 0 Å². The Morgan fingerprint density at radius 1 is 1.11 bits per heavy atom. The molecule has 0 bridgehead atoms. The van der Waals surface area contributed by atoms with Crippen LogP contribution in [0.15, 0.2) is 24.3 Å². The number of hydrogen-bond donors (Lipinski definition) is 1. The van der Waals surface area contributed by atoms with Gasteiger partial charge in [0, 0.05) is 51.5 Å². The summed E-state index contributed by atoms with van der Waals surface area (Å²) < 4.78 is 5.23. The minimum Gasteiger partial charge on any atom is -0.497 e. The molecule has 3 fully saturated rings. The van der Waals surface area contributed by atoms with E-state index in [9.17, 15) is 9.90 Å². The molecule has 1 aromatic carbocycles. The third-order valence-corrected chi connectivity index (χ3v) is 6.17. The first kappa shape index (κ1) is 18.6. The highest BCUT2D eigenvalue weighted by atomic mass is 16.5. The fourth-order valence-corrected chi connectivity index (χ4v) is 4.33. The number of aliphatic hydroxyl groups is 1. The van der Waals surface area contributed by atoms with Gasteiger partial charge in [-0.15, -0.1) is 0 Å². The van der Waals surface area contributed by atoms with E-state index in [4.69, 9.17) is 4.74 Å². The van der Waals surface area contributed by atoms with Gasteiger partial charge in [-0.25, -0.2) is 0 Å². The number of likely N-dealkylation sites (tertiary alicyclic amines) is 1. The van der Waals surface area contributed by atoms with Crippen molar-refractivity contribution in [2.75, 3.05) is 57.8 Å². The van der Waals surface area contributed by atoms with E-state index in [1.165, 1.54) is 18.5 Å². The summed E-state index contributed by atoms with van der Waals surface area (Å²) in [5, 5.41) is 11.1. The molecule has 4 rings (SSSR count). The van der Waals surface area contributed by atoms with Crippen LogP contribution in [0.25, 0.3) is 0 Å². The number of rotatable bonds is 6. The fourth-order valence-electron chi connectivity index (χ4n) is 4.33. The van der Waals surface area contributed by atoms with Crippen molar-refractivity contribution in [3.63, 3.8) is 0 Å². The van der Waals surface area contributed by atoms with Gasteiger partial charge in [0.15, 0.2) is 5.60 Å². The molecule has 0 spiro atoms. The molecule has 2 heterocycles. The Bertz CT molecular complexity index is 653. The summed E-state index contributed by atoms with van der Waals surface area (Å²) in [6.45, 7) is 5.65. The van der Waals surface area contributed by atoms with Gasteiger partial charge in [0.1, 0.15) is 5.75 Å². The standard InChI is InChI=1S/C21H31N3O3/c1-27-19-7-5-18(6-8-19)23-13-11-22(12-14-23)16-21(26)9-2-10-24(20(21)25)15-17-3-4-17/h5-8,17,26H,2-4,9-16H2,1H3/t21-/m1/s1. The molecule has 1 atom stereocenters. The third-order valence-electron chi connectivity index (χ3n) is 6.17. The van der Waals surface area contributed by atoms with Gasteiger partial charge in [-0.1, -0.05) is 0 Å². The number of nitrogens with zero attached hydrogens (tertiary/aromatic N) is 3. The lowest BCUT2D eigenvalue weighted by Gasteiger charge is -2.43. The van der Waals surface area contributed by atoms with Gasteiger partial charge < -0.3 is 19.6 Å². The number of amides is 1. The van der Waals surface area contributed by atoms with Gasteiger partial charge in [0.25, 0.3) is 5.91 Å². The van der Waals surface area contributed by atoms with Crippen LogP contribution in [0.5, 0.6) is 5.75 Å². The minimum atomic E-state index is -1.20. The molecule has 3 aliphatic rings. The maximum absolute atomic E-state index is 12.9. The van der Waals surface area contributed by atoms with Crippen LogP contribution in [-0.2, 0) is 4.79 Å². The van der Waals surface area contributed by atoms with Crippen molar-refractivity contribution in [2.24, 2.45) is 5.92 Å². The second-order valence-electron chi connectivity index (χ2n) is 8.29. The molecule has 148 valence electrons. The Hall–Kier alpha value is -1.79. The third kappa shape index (κ3) is 4.22. The number of methoxy groups -OCH3 is 1. The van der Waals surface area contributed by atoms with Crippen molar-refractivity contribution in [1.29, 1.82) is 0 Å². The molecular weight excluding hydrogens is 342 g/mol. The van der Waals surface area contributed by atoms with E-state index < -0.39 is 5.60 Å². The van der Waals surface area contributed by atoms with Gasteiger partial charge in [0.2, 0.25) is 0 Å². The molecule has 27 heavy (non-hydrogen) atoms. The number of carbonyl (C=O) groups excluding carboxylic acids is 1. The average Bonchev–Trinajstić information content (AvgIpc) is 3.50. The Balaban J connectivity index is 1.31. The molecule has 2 aliphatic heterocycles. The van der Waals surface area contributed by atoms with Gasteiger partial charge in [0.05, 0.1) is 7.11 Å². The molecule has 1 saturated carbocycles. The molecule has 1 aliphatic carbocycles. The second kappa shape index (κ2) is 7.68. The quantitative estimate of drug-likeness (QED) is 0.821. The maximum Gasteiger partial charge on any atom is 0.255 e. The Morgan fingerprint density at radius 2 is 1.81 bits per heavy atom. The Morgan fingerprint density at radius 3 is 2.44 bits per heavy atom. The molecule has 6 heteroatoms. The number of hydrogen-bond acceptors (Lipinski definition) is 5. The van der Waals surface area contributed by atoms with Crippen LogP contribution in [0, 0.1) is 5.92 Å². The molecule has 0 radical (unpaired) electrons.